The number of carbonyl (C=O) groups is 1. The van der Waals surface area contributed by atoms with Gasteiger partial charge in [0.2, 0.25) is 0 Å². The second-order valence-corrected chi connectivity index (χ2v) is 4.51. The Labute approximate surface area is 105 Å². The van der Waals surface area contributed by atoms with Gasteiger partial charge in [-0.05, 0) is 24.6 Å². The van der Waals surface area contributed by atoms with Crippen molar-refractivity contribution in [1.29, 1.82) is 0 Å². The first-order valence-electron chi connectivity index (χ1n) is 5.61. The van der Waals surface area contributed by atoms with Gasteiger partial charge >= 0.3 is 0 Å². The zero-order valence-electron chi connectivity index (χ0n) is 10.1. The minimum Gasteiger partial charge on any atom is -0.508 e. The monoisotopic (exact) mass is 248 g/mol. The summed E-state index contributed by atoms with van der Waals surface area (Å²) >= 11 is 0. The van der Waals surface area contributed by atoms with Crippen LogP contribution in [0.2, 0.25) is 0 Å². The molecular weight excluding hydrogens is 232 g/mol. The standard InChI is InChI=1S/C12H16N4O2/c1-12(7-13)10(18)16(11(14)15-12)6-8-3-2-4-9(17)5-8/h2-5,17H,6-7,13H2,1H3,(H2,14,15). The number of amides is 1. The summed E-state index contributed by atoms with van der Waals surface area (Å²) < 4.78 is 0. The summed E-state index contributed by atoms with van der Waals surface area (Å²) in [5.74, 6) is 0.0957. The molecule has 1 aromatic carbocycles. The van der Waals surface area contributed by atoms with Crippen molar-refractivity contribution in [3.05, 3.63) is 29.8 Å². The molecule has 2 rings (SSSR count). The van der Waals surface area contributed by atoms with Crippen LogP contribution in [0.15, 0.2) is 29.3 Å². The normalized spacial score (nSPS) is 23.3. The highest BCUT2D eigenvalue weighted by Gasteiger charge is 2.42. The number of hydrogen-bond acceptors (Lipinski definition) is 5. The van der Waals surface area contributed by atoms with Gasteiger partial charge in [-0.1, -0.05) is 12.1 Å². The van der Waals surface area contributed by atoms with Gasteiger partial charge in [-0.3, -0.25) is 9.69 Å². The van der Waals surface area contributed by atoms with Gasteiger partial charge in [-0.25, -0.2) is 4.99 Å². The van der Waals surface area contributed by atoms with Gasteiger partial charge in [-0.15, -0.1) is 0 Å². The quantitative estimate of drug-likeness (QED) is 0.687. The average molecular weight is 248 g/mol. The van der Waals surface area contributed by atoms with Crippen LogP contribution in [0.1, 0.15) is 12.5 Å². The Morgan fingerprint density at radius 3 is 2.78 bits per heavy atom. The number of carbonyl (C=O) groups excluding carboxylic acids is 1. The second-order valence-electron chi connectivity index (χ2n) is 4.51. The van der Waals surface area contributed by atoms with Crippen molar-refractivity contribution in [1.82, 2.24) is 4.90 Å². The van der Waals surface area contributed by atoms with E-state index in [4.69, 9.17) is 11.5 Å². The maximum Gasteiger partial charge on any atom is 0.258 e. The topological polar surface area (TPSA) is 105 Å². The molecule has 0 spiro atoms. The smallest absolute Gasteiger partial charge is 0.258 e. The van der Waals surface area contributed by atoms with E-state index in [1.807, 2.05) is 0 Å². The second kappa shape index (κ2) is 4.30. The van der Waals surface area contributed by atoms with Gasteiger partial charge in [0.05, 0.1) is 6.54 Å². The lowest BCUT2D eigenvalue weighted by Crippen LogP contribution is -2.45. The van der Waals surface area contributed by atoms with Crippen LogP contribution in [0.3, 0.4) is 0 Å². The predicted molar refractivity (Wildman–Crippen MR) is 67.7 cm³/mol. The van der Waals surface area contributed by atoms with E-state index in [1.165, 1.54) is 4.90 Å². The number of nitrogens with zero attached hydrogens (tertiary/aromatic N) is 2. The van der Waals surface area contributed by atoms with Crippen LogP contribution in [-0.4, -0.2) is 34.0 Å². The van der Waals surface area contributed by atoms with Gasteiger partial charge < -0.3 is 16.6 Å². The van der Waals surface area contributed by atoms with Crippen LogP contribution in [0.5, 0.6) is 5.75 Å². The molecule has 1 heterocycles. The summed E-state index contributed by atoms with van der Waals surface area (Å²) in [4.78, 5) is 17.6. The molecule has 6 nitrogen and oxygen atoms in total. The van der Waals surface area contributed by atoms with Crippen LogP contribution >= 0.6 is 0 Å². The zero-order chi connectivity index (χ0) is 13.3. The Balaban J connectivity index is 2.21. The predicted octanol–water partition coefficient (Wildman–Crippen LogP) is -0.233. The van der Waals surface area contributed by atoms with Crippen molar-refractivity contribution >= 4 is 11.9 Å². The minimum absolute atomic E-state index is 0.114. The summed E-state index contributed by atoms with van der Waals surface area (Å²) in [6.45, 7) is 2.05. The first kappa shape index (κ1) is 12.4. The van der Waals surface area contributed by atoms with Gasteiger partial charge in [0.1, 0.15) is 5.75 Å². The van der Waals surface area contributed by atoms with Crippen LogP contribution in [-0.2, 0) is 11.3 Å². The Kier molecular flexibility index (Phi) is 2.96. The van der Waals surface area contributed by atoms with Crippen LogP contribution in [0, 0.1) is 0 Å². The third kappa shape index (κ3) is 2.02. The molecule has 1 aliphatic rings. The number of benzene rings is 1. The molecule has 0 aliphatic carbocycles. The maximum absolute atomic E-state index is 12.1. The van der Waals surface area contributed by atoms with E-state index in [0.29, 0.717) is 0 Å². The molecule has 1 unspecified atom stereocenters. The molecule has 0 saturated carbocycles. The van der Waals surface area contributed by atoms with Crippen molar-refractivity contribution in [3.8, 4) is 5.75 Å². The molecular formula is C12H16N4O2. The molecule has 18 heavy (non-hydrogen) atoms. The maximum atomic E-state index is 12.1. The van der Waals surface area contributed by atoms with Crippen LogP contribution < -0.4 is 11.5 Å². The molecule has 0 saturated heterocycles. The summed E-state index contributed by atoms with van der Waals surface area (Å²) in [5.41, 5.74) is 11.1. The van der Waals surface area contributed by atoms with Crippen molar-refractivity contribution in [2.24, 2.45) is 16.5 Å². The number of phenolic OH excluding ortho intramolecular Hbond substituents is 1. The number of hydrogen-bond donors (Lipinski definition) is 3. The van der Waals surface area contributed by atoms with E-state index in [1.54, 1.807) is 31.2 Å². The molecule has 0 bridgehead atoms. The van der Waals surface area contributed by atoms with Crippen molar-refractivity contribution in [2.45, 2.75) is 19.0 Å². The fourth-order valence-electron chi connectivity index (χ4n) is 1.88. The molecule has 0 aromatic heterocycles. The molecule has 1 aromatic rings. The van der Waals surface area contributed by atoms with E-state index in [0.717, 1.165) is 5.56 Å². The van der Waals surface area contributed by atoms with E-state index >= 15 is 0 Å². The van der Waals surface area contributed by atoms with Crippen molar-refractivity contribution in [3.63, 3.8) is 0 Å². The summed E-state index contributed by atoms with van der Waals surface area (Å²) in [5, 5.41) is 9.38. The Morgan fingerprint density at radius 2 is 2.22 bits per heavy atom. The van der Waals surface area contributed by atoms with Gasteiger partial charge in [0.15, 0.2) is 11.5 Å². The SMILES string of the molecule is CC1(CN)N=C(N)N(Cc2cccc(O)c2)C1=O. The minimum atomic E-state index is -0.971. The number of rotatable bonds is 3. The summed E-state index contributed by atoms with van der Waals surface area (Å²) in [6, 6.07) is 6.66. The number of aromatic hydroxyl groups is 1. The lowest BCUT2D eigenvalue weighted by Gasteiger charge is -2.20. The molecule has 1 atom stereocenters. The highest BCUT2D eigenvalue weighted by molar-refractivity contribution is 6.06. The Hall–Kier alpha value is -2.08. The van der Waals surface area contributed by atoms with Gasteiger partial charge in [0.25, 0.3) is 5.91 Å². The Bertz CT molecular complexity index is 515. The zero-order valence-corrected chi connectivity index (χ0v) is 10.1. The van der Waals surface area contributed by atoms with E-state index < -0.39 is 5.54 Å². The van der Waals surface area contributed by atoms with Crippen LogP contribution in [0.25, 0.3) is 0 Å². The highest BCUT2D eigenvalue weighted by atomic mass is 16.3. The summed E-state index contributed by atoms with van der Waals surface area (Å²) in [7, 11) is 0. The number of phenols is 1. The number of guanidine groups is 1. The lowest BCUT2D eigenvalue weighted by molar-refractivity contribution is -0.130. The van der Waals surface area contributed by atoms with E-state index in [-0.39, 0.29) is 30.7 Å². The lowest BCUT2D eigenvalue weighted by atomic mass is 10.0. The van der Waals surface area contributed by atoms with E-state index in [9.17, 15) is 9.90 Å². The molecule has 6 heteroatoms. The van der Waals surface area contributed by atoms with Gasteiger partial charge in [0, 0.05) is 6.54 Å². The highest BCUT2D eigenvalue weighted by Crippen LogP contribution is 2.22. The third-order valence-corrected chi connectivity index (χ3v) is 2.99. The van der Waals surface area contributed by atoms with Gasteiger partial charge in [-0.2, -0.15) is 0 Å². The molecule has 1 amide bonds. The first-order valence-corrected chi connectivity index (χ1v) is 5.61. The first-order chi connectivity index (χ1) is 8.46. The van der Waals surface area contributed by atoms with Crippen molar-refractivity contribution < 1.29 is 9.90 Å². The largest absolute Gasteiger partial charge is 0.508 e. The fraction of sp³-hybridized carbons (Fsp3) is 0.333. The van der Waals surface area contributed by atoms with Crippen molar-refractivity contribution in [2.75, 3.05) is 6.54 Å². The van der Waals surface area contributed by atoms with E-state index in [2.05, 4.69) is 4.99 Å². The summed E-state index contributed by atoms with van der Waals surface area (Å²) in [6.07, 6.45) is 0. The van der Waals surface area contributed by atoms with Crippen LogP contribution in [0.4, 0.5) is 0 Å². The molecule has 0 fully saturated rings. The molecule has 1 aliphatic heterocycles. The molecule has 96 valence electrons. The molecule has 5 N–H and O–H groups in total. The number of nitrogens with two attached hydrogens (primary N) is 2. The third-order valence-electron chi connectivity index (χ3n) is 2.99. The Morgan fingerprint density at radius 1 is 1.50 bits per heavy atom. The average Bonchev–Trinajstić information content (AvgIpc) is 2.54. The molecule has 0 radical (unpaired) electrons. The fourth-order valence-corrected chi connectivity index (χ4v) is 1.88. The number of aliphatic imine (C=N–C) groups is 1.